The fraction of sp³-hybridized carbons (Fsp3) is 0.357. The number of nitrogens with one attached hydrogen (secondary N) is 1. The Balaban J connectivity index is 1.96. The Kier molecular flexibility index (Phi) is 3.36. The van der Waals surface area contributed by atoms with E-state index in [1.807, 2.05) is 6.92 Å². The number of carbonyl (C=O) groups excluding carboxylic acids is 2. The van der Waals surface area contributed by atoms with Crippen molar-refractivity contribution in [3.63, 3.8) is 0 Å². The first-order valence-corrected chi connectivity index (χ1v) is 6.88. The summed E-state index contributed by atoms with van der Waals surface area (Å²) in [5.41, 5.74) is 1.56. The Hall–Kier alpha value is -2.77. The SMILES string of the molecule is CCn1c(=O)oc2cc(N3C[C@H](C(=O)NC)OC3=O)ccc21. The number of nitrogens with zero attached hydrogens (tertiary/aromatic N) is 2. The molecule has 8 heteroatoms. The van der Waals surface area contributed by atoms with E-state index in [-0.39, 0.29) is 12.5 Å². The van der Waals surface area contributed by atoms with Crippen LogP contribution in [0.4, 0.5) is 10.5 Å². The standard InChI is InChI=1S/C14H15N3O5/c1-3-16-9-5-4-8(6-10(9)21-13(16)19)17-7-11(12(18)15-2)22-14(17)20/h4-6,11H,3,7H2,1-2H3,(H,15,18)/t11-/m1/s1. The van der Waals surface area contributed by atoms with Crippen LogP contribution in [0.1, 0.15) is 6.92 Å². The molecule has 1 aromatic carbocycles. The lowest BCUT2D eigenvalue weighted by Gasteiger charge is -2.12. The van der Waals surface area contributed by atoms with Crippen molar-refractivity contribution in [2.75, 3.05) is 18.5 Å². The summed E-state index contributed by atoms with van der Waals surface area (Å²) in [5.74, 6) is -0.803. The maximum absolute atomic E-state index is 11.9. The molecule has 2 heterocycles. The zero-order chi connectivity index (χ0) is 15.9. The van der Waals surface area contributed by atoms with Gasteiger partial charge in [0.1, 0.15) is 0 Å². The van der Waals surface area contributed by atoms with E-state index < -0.39 is 18.0 Å². The fourth-order valence-corrected chi connectivity index (χ4v) is 2.49. The van der Waals surface area contributed by atoms with Crippen molar-refractivity contribution in [2.24, 2.45) is 0 Å². The van der Waals surface area contributed by atoms with E-state index in [2.05, 4.69) is 5.32 Å². The Morgan fingerprint density at radius 3 is 2.86 bits per heavy atom. The molecule has 1 aromatic heterocycles. The number of rotatable bonds is 3. The van der Waals surface area contributed by atoms with Gasteiger partial charge in [0, 0.05) is 19.7 Å². The monoisotopic (exact) mass is 305 g/mol. The highest BCUT2D eigenvalue weighted by Crippen LogP contribution is 2.25. The van der Waals surface area contributed by atoms with Gasteiger partial charge < -0.3 is 14.5 Å². The molecule has 0 spiro atoms. The van der Waals surface area contributed by atoms with Crippen LogP contribution >= 0.6 is 0 Å². The molecule has 1 saturated heterocycles. The summed E-state index contributed by atoms with van der Waals surface area (Å²) in [5, 5.41) is 2.44. The summed E-state index contributed by atoms with van der Waals surface area (Å²) in [6, 6.07) is 4.99. The lowest BCUT2D eigenvalue weighted by molar-refractivity contribution is -0.127. The summed E-state index contributed by atoms with van der Waals surface area (Å²) in [7, 11) is 1.48. The van der Waals surface area contributed by atoms with Crippen molar-refractivity contribution in [2.45, 2.75) is 19.6 Å². The van der Waals surface area contributed by atoms with Crippen molar-refractivity contribution < 1.29 is 18.7 Å². The summed E-state index contributed by atoms with van der Waals surface area (Å²) in [6.45, 7) is 2.45. The van der Waals surface area contributed by atoms with Gasteiger partial charge in [-0.2, -0.15) is 0 Å². The molecule has 0 bridgehead atoms. The van der Waals surface area contributed by atoms with Gasteiger partial charge in [0.05, 0.1) is 17.7 Å². The maximum atomic E-state index is 11.9. The van der Waals surface area contributed by atoms with Gasteiger partial charge in [0.15, 0.2) is 11.7 Å². The molecule has 1 atom stereocenters. The first kappa shape index (κ1) is 14.2. The van der Waals surface area contributed by atoms with Crippen LogP contribution in [-0.2, 0) is 16.1 Å². The Bertz CT molecular complexity index is 806. The largest absolute Gasteiger partial charge is 0.434 e. The molecule has 22 heavy (non-hydrogen) atoms. The molecule has 0 unspecified atom stereocenters. The highest BCUT2D eigenvalue weighted by Gasteiger charge is 2.36. The number of amides is 2. The van der Waals surface area contributed by atoms with Gasteiger partial charge >= 0.3 is 11.8 Å². The lowest BCUT2D eigenvalue weighted by Crippen LogP contribution is -2.35. The maximum Gasteiger partial charge on any atom is 0.419 e. The highest BCUT2D eigenvalue weighted by molar-refractivity contribution is 5.96. The van der Waals surface area contributed by atoms with Crippen molar-refractivity contribution in [1.29, 1.82) is 0 Å². The van der Waals surface area contributed by atoms with Crippen LogP contribution in [-0.4, -0.2) is 36.3 Å². The molecule has 0 radical (unpaired) electrons. The van der Waals surface area contributed by atoms with Crippen molar-refractivity contribution in [3.8, 4) is 0 Å². The van der Waals surface area contributed by atoms with Crippen LogP contribution < -0.4 is 16.0 Å². The first-order chi connectivity index (χ1) is 10.5. The molecule has 2 aromatic rings. The molecule has 116 valence electrons. The lowest BCUT2D eigenvalue weighted by atomic mass is 10.2. The van der Waals surface area contributed by atoms with E-state index in [4.69, 9.17) is 9.15 Å². The van der Waals surface area contributed by atoms with E-state index in [0.717, 1.165) is 0 Å². The van der Waals surface area contributed by atoms with E-state index in [0.29, 0.717) is 23.3 Å². The zero-order valence-corrected chi connectivity index (χ0v) is 12.2. The van der Waals surface area contributed by atoms with Gasteiger partial charge in [-0.25, -0.2) is 9.59 Å². The summed E-state index contributed by atoms with van der Waals surface area (Å²) >= 11 is 0. The molecule has 1 aliphatic rings. The summed E-state index contributed by atoms with van der Waals surface area (Å²) in [4.78, 5) is 36.5. The van der Waals surface area contributed by atoms with Crippen LogP contribution in [0.15, 0.2) is 27.4 Å². The molecule has 1 fully saturated rings. The normalized spacial score (nSPS) is 17.8. The number of ether oxygens (including phenoxy) is 1. The minimum absolute atomic E-state index is 0.114. The van der Waals surface area contributed by atoms with Gasteiger partial charge in [0.25, 0.3) is 5.91 Å². The second kappa shape index (κ2) is 5.21. The minimum Gasteiger partial charge on any atom is -0.434 e. The Morgan fingerprint density at radius 2 is 2.18 bits per heavy atom. The van der Waals surface area contributed by atoms with Gasteiger partial charge in [-0.15, -0.1) is 0 Å². The third-order valence-corrected chi connectivity index (χ3v) is 3.63. The summed E-state index contributed by atoms with van der Waals surface area (Å²) in [6.07, 6.45) is -1.45. The number of hydrogen-bond donors (Lipinski definition) is 1. The number of oxazole rings is 1. The second-order valence-electron chi connectivity index (χ2n) is 4.86. The predicted molar refractivity (Wildman–Crippen MR) is 77.8 cm³/mol. The molecule has 2 amide bonds. The first-order valence-electron chi connectivity index (χ1n) is 6.88. The molecule has 1 aliphatic heterocycles. The molecular formula is C14H15N3O5. The number of fused-ring (bicyclic) bond motifs is 1. The van der Waals surface area contributed by atoms with Crippen molar-refractivity contribution in [3.05, 3.63) is 28.7 Å². The van der Waals surface area contributed by atoms with Gasteiger partial charge in [0.2, 0.25) is 0 Å². The number of aryl methyl sites for hydroxylation is 1. The van der Waals surface area contributed by atoms with Crippen molar-refractivity contribution in [1.82, 2.24) is 9.88 Å². The second-order valence-corrected chi connectivity index (χ2v) is 4.86. The number of aromatic nitrogens is 1. The minimum atomic E-state index is -0.847. The molecule has 0 aliphatic carbocycles. The van der Waals surface area contributed by atoms with Crippen LogP contribution in [0.5, 0.6) is 0 Å². The average molecular weight is 305 g/mol. The van der Waals surface area contributed by atoms with Gasteiger partial charge in [-0.1, -0.05) is 0 Å². The molecule has 3 rings (SSSR count). The number of carbonyl (C=O) groups is 2. The van der Waals surface area contributed by atoms with Crippen LogP contribution in [0.2, 0.25) is 0 Å². The number of likely N-dealkylation sites (N-methyl/N-ethyl adjacent to an activating group) is 1. The van der Waals surface area contributed by atoms with E-state index >= 15 is 0 Å². The van der Waals surface area contributed by atoms with E-state index in [9.17, 15) is 14.4 Å². The number of cyclic esters (lactones) is 1. The predicted octanol–water partition coefficient (Wildman–Crippen LogP) is 0.686. The van der Waals surface area contributed by atoms with Crippen molar-refractivity contribution >= 4 is 28.8 Å². The van der Waals surface area contributed by atoms with Crippen LogP contribution in [0, 0.1) is 0 Å². The van der Waals surface area contributed by atoms with E-state index in [1.165, 1.54) is 16.5 Å². The molecule has 8 nitrogen and oxygen atoms in total. The number of anilines is 1. The third kappa shape index (κ3) is 2.12. The van der Waals surface area contributed by atoms with Gasteiger partial charge in [-0.05, 0) is 19.1 Å². The topological polar surface area (TPSA) is 93.8 Å². The number of hydrogen-bond acceptors (Lipinski definition) is 5. The fourth-order valence-electron chi connectivity index (χ4n) is 2.49. The average Bonchev–Trinajstić information content (AvgIpc) is 3.04. The highest BCUT2D eigenvalue weighted by atomic mass is 16.6. The Morgan fingerprint density at radius 1 is 1.41 bits per heavy atom. The molecule has 1 N–H and O–H groups in total. The zero-order valence-electron chi connectivity index (χ0n) is 12.2. The van der Waals surface area contributed by atoms with Crippen LogP contribution in [0.3, 0.4) is 0 Å². The smallest absolute Gasteiger partial charge is 0.419 e. The van der Waals surface area contributed by atoms with E-state index in [1.54, 1.807) is 18.2 Å². The van der Waals surface area contributed by atoms with Gasteiger partial charge in [-0.3, -0.25) is 14.3 Å². The van der Waals surface area contributed by atoms with Crippen LogP contribution in [0.25, 0.3) is 11.1 Å². The molecular weight excluding hydrogens is 290 g/mol. The molecule has 0 saturated carbocycles. The third-order valence-electron chi connectivity index (χ3n) is 3.63. The Labute approximate surface area is 125 Å². The quantitative estimate of drug-likeness (QED) is 0.900. The number of benzene rings is 1. The summed E-state index contributed by atoms with van der Waals surface area (Å²) < 4.78 is 11.7.